The molecule has 15 heteroatoms. The van der Waals surface area contributed by atoms with Crippen LogP contribution < -0.4 is 15.4 Å². The largest absolute Gasteiger partial charge is 0.495 e. The molecule has 4 rings (SSSR count). The molecule has 0 fully saturated rings. The second kappa shape index (κ2) is 10.7. The average molecular weight is 580 g/mol. The molecule has 0 aliphatic rings. The molecule has 0 saturated heterocycles. The van der Waals surface area contributed by atoms with E-state index in [1.165, 1.54) is 23.6 Å². The maximum absolute atomic E-state index is 14.9. The Morgan fingerprint density at radius 2 is 1.62 bits per heavy atom. The number of hydrogen-bond donors (Lipinski definition) is 2. The van der Waals surface area contributed by atoms with E-state index in [1.54, 1.807) is 0 Å². The number of fused-ring (bicyclic) bond motifs is 1. The molecule has 11 nitrogen and oxygen atoms in total. The highest BCUT2D eigenvalue weighted by molar-refractivity contribution is 7.90. The number of esters is 2. The fourth-order valence-electron chi connectivity index (χ4n) is 3.69. The van der Waals surface area contributed by atoms with E-state index in [1.807, 2.05) is 0 Å². The van der Waals surface area contributed by atoms with Gasteiger partial charge in [-0.3, -0.25) is 0 Å². The molecule has 2 aromatic heterocycles. The Hall–Kier alpha value is -4.50. The first-order valence-corrected chi connectivity index (χ1v) is 13.1. The fourth-order valence-corrected chi connectivity index (χ4v) is 6.13. The highest BCUT2D eigenvalue weighted by atomic mass is 32.2. The van der Waals surface area contributed by atoms with E-state index in [0.717, 1.165) is 57.1 Å². The van der Waals surface area contributed by atoms with Crippen LogP contribution in [0.5, 0.6) is 5.75 Å². The van der Waals surface area contributed by atoms with Crippen molar-refractivity contribution in [2.75, 3.05) is 32.0 Å². The highest BCUT2D eigenvalue weighted by Crippen LogP contribution is 2.34. The van der Waals surface area contributed by atoms with Gasteiger partial charge in [-0.1, -0.05) is 12.1 Å². The predicted molar refractivity (Wildman–Crippen MR) is 137 cm³/mol. The van der Waals surface area contributed by atoms with Crippen LogP contribution >= 0.6 is 11.3 Å². The molecular weight excluding hydrogens is 560 g/mol. The minimum atomic E-state index is -4.55. The molecule has 2 N–H and O–H groups in total. The lowest BCUT2D eigenvalue weighted by atomic mass is 10.2. The van der Waals surface area contributed by atoms with Crippen molar-refractivity contribution in [1.29, 1.82) is 0 Å². The van der Waals surface area contributed by atoms with Crippen LogP contribution in [0.15, 0.2) is 52.9 Å². The molecule has 2 amide bonds. The maximum atomic E-state index is 14.9. The molecule has 204 valence electrons. The SMILES string of the molecule is COC(=O)c1scc(NC(=O)Nc2cc(S(=O)(=O)n3ccc4cccc(F)c43)c(OC)cc2F)c1C(=O)OC. The molecule has 0 radical (unpaired) electrons. The first kappa shape index (κ1) is 27.5. The van der Waals surface area contributed by atoms with Gasteiger partial charge in [-0.05, 0) is 18.2 Å². The lowest BCUT2D eigenvalue weighted by Crippen LogP contribution is -2.22. The first-order valence-electron chi connectivity index (χ1n) is 10.8. The normalized spacial score (nSPS) is 11.2. The molecule has 0 aliphatic carbocycles. The van der Waals surface area contributed by atoms with Gasteiger partial charge in [0.05, 0.1) is 38.2 Å². The third kappa shape index (κ3) is 5.00. The number of anilines is 2. The molecule has 0 saturated carbocycles. The zero-order chi connectivity index (χ0) is 28.5. The van der Waals surface area contributed by atoms with E-state index >= 15 is 0 Å². The standard InChI is InChI=1S/C24H19F2N3O8S2/c1-35-17-9-14(26)15(10-18(17)39(33,34)29-8-7-12-5-4-6-13(25)20(12)29)27-24(32)28-16-11-38-21(23(31)37-3)19(16)22(30)36-2/h4-11H,1-3H3,(H2,27,28,32). The minimum absolute atomic E-state index is 0.138. The molecule has 39 heavy (non-hydrogen) atoms. The quantitative estimate of drug-likeness (QED) is 0.306. The number of benzene rings is 2. The number of methoxy groups -OCH3 is 3. The number of nitrogens with zero attached hydrogens (tertiary/aromatic N) is 1. The van der Waals surface area contributed by atoms with Crippen LogP contribution in [-0.2, 0) is 19.5 Å². The number of thiophene rings is 1. The van der Waals surface area contributed by atoms with E-state index in [4.69, 9.17) is 4.74 Å². The average Bonchev–Trinajstić information content (AvgIpc) is 3.54. The summed E-state index contributed by atoms with van der Waals surface area (Å²) in [4.78, 5) is 36.2. The van der Waals surface area contributed by atoms with E-state index in [9.17, 15) is 31.6 Å². The van der Waals surface area contributed by atoms with Crippen LogP contribution in [0.1, 0.15) is 20.0 Å². The van der Waals surface area contributed by atoms with E-state index in [-0.39, 0.29) is 21.6 Å². The van der Waals surface area contributed by atoms with Gasteiger partial charge in [-0.2, -0.15) is 0 Å². The summed E-state index contributed by atoms with van der Waals surface area (Å²) in [7, 11) is -1.26. The van der Waals surface area contributed by atoms with Crippen molar-refractivity contribution < 1.29 is 45.8 Å². The Balaban J connectivity index is 1.71. The van der Waals surface area contributed by atoms with Gasteiger partial charge in [0.1, 0.15) is 26.9 Å². The van der Waals surface area contributed by atoms with Gasteiger partial charge in [0, 0.05) is 23.0 Å². The van der Waals surface area contributed by atoms with Gasteiger partial charge < -0.3 is 24.8 Å². The molecule has 0 atom stereocenters. The van der Waals surface area contributed by atoms with Crippen LogP contribution in [0, 0.1) is 11.6 Å². The van der Waals surface area contributed by atoms with Crippen LogP contribution in [0.2, 0.25) is 0 Å². The second-order valence-electron chi connectivity index (χ2n) is 7.69. The number of carbonyl (C=O) groups is 3. The Morgan fingerprint density at radius 1 is 0.923 bits per heavy atom. The summed E-state index contributed by atoms with van der Waals surface area (Å²) >= 11 is 0.794. The van der Waals surface area contributed by atoms with Crippen molar-refractivity contribution in [3.63, 3.8) is 0 Å². The number of nitrogens with one attached hydrogen (secondary N) is 2. The monoisotopic (exact) mass is 579 g/mol. The zero-order valence-electron chi connectivity index (χ0n) is 20.4. The first-order chi connectivity index (χ1) is 18.5. The summed E-state index contributed by atoms with van der Waals surface area (Å²) < 4.78 is 71.4. The van der Waals surface area contributed by atoms with Gasteiger partial charge in [0.25, 0.3) is 10.0 Å². The van der Waals surface area contributed by atoms with Crippen LogP contribution in [0.25, 0.3) is 10.9 Å². The van der Waals surface area contributed by atoms with Crippen molar-refractivity contribution in [2.24, 2.45) is 0 Å². The van der Waals surface area contributed by atoms with Crippen molar-refractivity contribution in [2.45, 2.75) is 4.90 Å². The summed E-state index contributed by atoms with van der Waals surface area (Å²) in [6.07, 6.45) is 1.13. The van der Waals surface area contributed by atoms with E-state index in [2.05, 4.69) is 20.1 Å². The Bertz CT molecular complexity index is 1730. The Morgan fingerprint density at radius 3 is 2.28 bits per heavy atom. The minimum Gasteiger partial charge on any atom is -0.495 e. The fraction of sp³-hybridized carbons (Fsp3) is 0.125. The van der Waals surface area contributed by atoms with E-state index < -0.39 is 56.0 Å². The lowest BCUT2D eigenvalue weighted by Gasteiger charge is -2.15. The number of hydrogen-bond acceptors (Lipinski definition) is 9. The molecule has 2 aromatic carbocycles. The van der Waals surface area contributed by atoms with Gasteiger partial charge in [-0.15, -0.1) is 11.3 Å². The van der Waals surface area contributed by atoms with Crippen molar-refractivity contribution in [1.82, 2.24) is 3.97 Å². The van der Waals surface area contributed by atoms with Crippen molar-refractivity contribution in [3.05, 3.63) is 70.1 Å². The number of halogens is 2. The van der Waals surface area contributed by atoms with Crippen LogP contribution in [-0.4, -0.2) is 51.7 Å². The summed E-state index contributed by atoms with van der Waals surface area (Å²) in [6, 6.07) is 5.88. The highest BCUT2D eigenvalue weighted by Gasteiger charge is 2.29. The number of urea groups is 1. The van der Waals surface area contributed by atoms with Gasteiger partial charge in [0.15, 0.2) is 5.82 Å². The summed E-state index contributed by atoms with van der Waals surface area (Å²) in [5.74, 6) is -4.05. The smallest absolute Gasteiger partial charge is 0.349 e. The number of ether oxygens (including phenoxy) is 3. The van der Waals surface area contributed by atoms with Crippen LogP contribution in [0.4, 0.5) is 25.0 Å². The second-order valence-corrected chi connectivity index (χ2v) is 10.4. The maximum Gasteiger partial charge on any atom is 0.349 e. The molecule has 0 aliphatic heterocycles. The summed E-state index contributed by atoms with van der Waals surface area (Å²) in [6.45, 7) is 0. The zero-order valence-corrected chi connectivity index (χ0v) is 22.0. The third-order valence-corrected chi connectivity index (χ3v) is 8.12. The molecular formula is C24H19F2N3O8S2. The Kier molecular flexibility index (Phi) is 7.56. The molecule has 2 heterocycles. The molecule has 0 unspecified atom stereocenters. The predicted octanol–water partition coefficient (Wildman–Crippen LogP) is 4.44. The summed E-state index contributed by atoms with van der Waals surface area (Å²) in [5.41, 5.74) is -1.23. The topological polar surface area (TPSA) is 142 Å². The Labute approximate surface area is 223 Å². The number of aromatic nitrogens is 1. The third-order valence-electron chi connectivity index (χ3n) is 5.47. The van der Waals surface area contributed by atoms with E-state index in [0.29, 0.717) is 9.36 Å². The van der Waals surface area contributed by atoms with Gasteiger partial charge in [-0.25, -0.2) is 35.6 Å². The van der Waals surface area contributed by atoms with Crippen molar-refractivity contribution >= 4 is 61.6 Å². The number of para-hydroxylation sites is 1. The van der Waals surface area contributed by atoms with Gasteiger partial charge in [0.2, 0.25) is 0 Å². The van der Waals surface area contributed by atoms with Crippen molar-refractivity contribution in [3.8, 4) is 5.75 Å². The molecule has 0 bridgehead atoms. The number of carbonyl (C=O) groups excluding carboxylic acids is 3. The van der Waals surface area contributed by atoms with Crippen LogP contribution in [0.3, 0.4) is 0 Å². The lowest BCUT2D eigenvalue weighted by molar-refractivity contribution is 0.0561. The number of rotatable bonds is 7. The molecule has 4 aromatic rings. The summed E-state index contributed by atoms with van der Waals surface area (Å²) in [5, 5.41) is 6.03. The molecule has 0 spiro atoms. The number of amides is 2. The van der Waals surface area contributed by atoms with Gasteiger partial charge >= 0.3 is 18.0 Å².